The topological polar surface area (TPSA) is 203 Å². The van der Waals surface area contributed by atoms with Gasteiger partial charge in [-0.15, -0.1) is 0 Å². The molecule has 2 aromatic rings. The zero-order valence-corrected chi connectivity index (χ0v) is 24.5. The van der Waals surface area contributed by atoms with Gasteiger partial charge in [-0.2, -0.15) is 0 Å². The van der Waals surface area contributed by atoms with Crippen LogP contribution in [0.3, 0.4) is 0 Å². The number of nitrogens with one attached hydrogen (secondary N) is 2. The fourth-order valence-corrected chi connectivity index (χ4v) is 4.40. The highest BCUT2D eigenvalue weighted by Gasteiger charge is 2.34. The number of thioether (sulfide) groups is 1. The lowest BCUT2D eigenvalue weighted by Crippen LogP contribution is -2.53. The number of unbranched alkanes of at least 4 members (excludes halogenated alkanes) is 3. The second-order valence-corrected chi connectivity index (χ2v) is 10.5. The molecule has 0 aliphatic rings. The Morgan fingerprint density at radius 2 is 1.77 bits per heavy atom. The molecule has 1 aromatic heterocycles. The summed E-state index contributed by atoms with van der Waals surface area (Å²) >= 11 is 1.20. The molecule has 232 valence electrons. The Bertz CT molecular complexity index is 1380. The number of carbonyl (C=O) groups excluding carboxylic acids is 5. The maximum atomic E-state index is 13.2. The van der Waals surface area contributed by atoms with E-state index >= 15 is 0 Å². The van der Waals surface area contributed by atoms with Crippen molar-refractivity contribution in [2.75, 3.05) is 12.3 Å². The molecule has 1 atom stereocenters. The molecular weight excluding hydrogens is 586 g/mol. The first-order chi connectivity index (χ1) is 20.5. The molecule has 0 aliphatic heterocycles. The first-order valence-corrected chi connectivity index (χ1v) is 14.3. The number of aliphatic carboxylic acids is 1. The number of hydrogen-bond acceptors (Lipinski definition) is 12. The SMILES string of the molecule is CC(=O)SCCCCCCN(C(=O)OCc1ccccc1)[C@@H](CC(=O)O)C(=O)NC(=O)C(=C=O)NCc1oc(=O)oc1C. The number of benzene rings is 1. The summed E-state index contributed by atoms with van der Waals surface area (Å²) in [6.45, 7) is 2.35. The number of amides is 3. The molecule has 0 spiro atoms. The van der Waals surface area contributed by atoms with E-state index in [1.165, 1.54) is 31.6 Å². The summed E-state index contributed by atoms with van der Waals surface area (Å²) in [7, 11) is 0. The summed E-state index contributed by atoms with van der Waals surface area (Å²) in [4.78, 5) is 85.3. The number of carbonyl (C=O) groups is 5. The summed E-state index contributed by atoms with van der Waals surface area (Å²) in [6, 6.07) is 7.02. The van der Waals surface area contributed by atoms with Crippen molar-refractivity contribution in [1.82, 2.24) is 15.5 Å². The van der Waals surface area contributed by atoms with E-state index in [1.807, 2.05) is 5.32 Å². The Balaban J connectivity index is 2.14. The molecule has 0 aliphatic carbocycles. The average molecular weight is 620 g/mol. The second kappa shape index (κ2) is 18.0. The van der Waals surface area contributed by atoms with Gasteiger partial charge in [0.25, 0.3) is 5.91 Å². The number of hydrogen-bond donors (Lipinski definition) is 3. The van der Waals surface area contributed by atoms with Gasteiger partial charge in [-0.1, -0.05) is 54.9 Å². The molecule has 0 fully saturated rings. The van der Waals surface area contributed by atoms with Crippen LogP contribution in [-0.2, 0) is 41.9 Å². The van der Waals surface area contributed by atoms with Crippen LogP contribution in [0, 0.1) is 6.92 Å². The molecule has 15 heteroatoms. The van der Waals surface area contributed by atoms with Crippen molar-refractivity contribution >= 4 is 46.7 Å². The smallest absolute Gasteiger partial charge is 0.481 e. The van der Waals surface area contributed by atoms with Crippen molar-refractivity contribution in [1.29, 1.82) is 0 Å². The number of imide groups is 1. The van der Waals surface area contributed by atoms with E-state index in [0.717, 1.165) is 17.7 Å². The van der Waals surface area contributed by atoms with Crippen LogP contribution in [0.5, 0.6) is 0 Å². The minimum Gasteiger partial charge on any atom is -0.481 e. The fourth-order valence-electron chi connectivity index (χ4n) is 3.76. The van der Waals surface area contributed by atoms with Crippen molar-refractivity contribution < 1.29 is 47.4 Å². The molecule has 1 aromatic carbocycles. The predicted molar refractivity (Wildman–Crippen MR) is 152 cm³/mol. The Morgan fingerprint density at radius 3 is 2.37 bits per heavy atom. The predicted octanol–water partition coefficient (Wildman–Crippen LogP) is 2.31. The van der Waals surface area contributed by atoms with Crippen LogP contribution in [0.15, 0.2) is 49.7 Å². The van der Waals surface area contributed by atoms with Crippen LogP contribution < -0.4 is 16.5 Å². The van der Waals surface area contributed by atoms with Crippen molar-refractivity contribution in [3.8, 4) is 0 Å². The third-order valence-corrected chi connectivity index (χ3v) is 6.81. The van der Waals surface area contributed by atoms with Gasteiger partial charge in [-0.25, -0.2) is 14.4 Å². The summed E-state index contributed by atoms with van der Waals surface area (Å²) in [5, 5.41) is 13.8. The Morgan fingerprint density at radius 1 is 1.07 bits per heavy atom. The van der Waals surface area contributed by atoms with Crippen molar-refractivity contribution in [2.24, 2.45) is 0 Å². The molecule has 0 radical (unpaired) electrons. The summed E-state index contributed by atoms with van der Waals surface area (Å²) in [6.07, 6.45) is 0.607. The Kier molecular flexibility index (Phi) is 14.5. The van der Waals surface area contributed by atoms with Gasteiger partial charge in [0.15, 0.2) is 22.5 Å². The van der Waals surface area contributed by atoms with Crippen LogP contribution in [0.1, 0.15) is 56.1 Å². The van der Waals surface area contributed by atoms with E-state index in [0.29, 0.717) is 24.2 Å². The normalized spacial score (nSPS) is 11.1. The van der Waals surface area contributed by atoms with E-state index in [4.69, 9.17) is 13.6 Å². The molecule has 14 nitrogen and oxygen atoms in total. The van der Waals surface area contributed by atoms with Crippen molar-refractivity contribution in [3.05, 3.63) is 63.7 Å². The third-order valence-electron chi connectivity index (χ3n) is 5.91. The molecule has 1 heterocycles. The van der Waals surface area contributed by atoms with Gasteiger partial charge in [0, 0.05) is 19.2 Å². The van der Waals surface area contributed by atoms with Crippen LogP contribution in [0.25, 0.3) is 0 Å². The first-order valence-electron chi connectivity index (χ1n) is 13.3. The second-order valence-electron chi connectivity index (χ2n) is 9.18. The van der Waals surface area contributed by atoms with Crippen LogP contribution in [0.2, 0.25) is 0 Å². The third kappa shape index (κ3) is 12.4. The molecule has 0 bridgehead atoms. The lowest BCUT2D eigenvalue weighted by Gasteiger charge is -2.29. The van der Waals surface area contributed by atoms with Gasteiger partial charge in [0.05, 0.1) is 13.0 Å². The zero-order chi connectivity index (χ0) is 31.8. The average Bonchev–Trinajstić information content (AvgIpc) is 3.29. The highest BCUT2D eigenvalue weighted by atomic mass is 32.2. The van der Waals surface area contributed by atoms with Gasteiger partial charge < -0.3 is 24.0 Å². The van der Waals surface area contributed by atoms with E-state index in [1.54, 1.807) is 30.3 Å². The molecule has 2 rings (SSSR count). The van der Waals surface area contributed by atoms with Gasteiger partial charge in [-0.05, 0) is 25.3 Å². The molecule has 3 amide bonds. The van der Waals surface area contributed by atoms with Crippen molar-refractivity contribution in [2.45, 2.75) is 65.1 Å². The summed E-state index contributed by atoms with van der Waals surface area (Å²) < 4.78 is 14.8. The number of carboxylic acid groups (broad SMARTS) is 1. The lowest BCUT2D eigenvalue weighted by atomic mass is 10.1. The number of aryl methyl sites for hydroxylation is 1. The van der Waals surface area contributed by atoms with Crippen LogP contribution in [0.4, 0.5) is 4.79 Å². The summed E-state index contributed by atoms with van der Waals surface area (Å²) in [5.74, 6) is -2.77. The highest BCUT2D eigenvalue weighted by Crippen LogP contribution is 2.14. The maximum Gasteiger partial charge on any atom is 0.519 e. The fraction of sp³-hybridized carbons (Fsp3) is 0.429. The molecule has 0 saturated heterocycles. The molecule has 0 unspecified atom stereocenters. The number of nitrogens with zero attached hydrogens (tertiary/aromatic N) is 1. The number of ether oxygens (including phenoxy) is 1. The molecule has 3 N–H and O–H groups in total. The van der Waals surface area contributed by atoms with Crippen LogP contribution in [-0.4, -0.2) is 63.3 Å². The Labute approximate surface area is 250 Å². The van der Waals surface area contributed by atoms with E-state index in [9.17, 15) is 38.7 Å². The van der Waals surface area contributed by atoms with E-state index < -0.39 is 47.9 Å². The van der Waals surface area contributed by atoms with Gasteiger partial charge >= 0.3 is 17.9 Å². The van der Waals surface area contributed by atoms with E-state index in [-0.39, 0.29) is 36.3 Å². The molecule has 43 heavy (non-hydrogen) atoms. The zero-order valence-electron chi connectivity index (χ0n) is 23.7. The van der Waals surface area contributed by atoms with Gasteiger partial charge in [-0.3, -0.25) is 29.4 Å². The number of carboxylic acids is 1. The minimum absolute atomic E-state index is 0.00662. The standard InChI is InChI=1S/C28H33N3O11S/c1-18-23(42-28(39)41-18)15-29-21(16-32)25(36)30-26(37)22(14-24(34)35)31(12-8-3-4-9-13-43-19(2)33)27(38)40-17-20-10-6-5-7-11-20/h5-7,10-11,22,29H,3-4,8-9,12-15,17H2,1-2H3,(H,34,35)(H,30,36,37)/t22-/m0/s1. The molecule has 0 saturated carbocycles. The van der Waals surface area contributed by atoms with E-state index in [2.05, 4.69) is 5.32 Å². The number of rotatable bonds is 17. The van der Waals surface area contributed by atoms with Crippen molar-refractivity contribution in [3.63, 3.8) is 0 Å². The van der Waals surface area contributed by atoms with Gasteiger partial charge in [0.1, 0.15) is 18.4 Å². The summed E-state index contributed by atoms with van der Waals surface area (Å²) in [5.41, 5.74) is -0.0870. The monoisotopic (exact) mass is 619 g/mol. The highest BCUT2D eigenvalue weighted by molar-refractivity contribution is 8.13. The van der Waals surface area contributed by atoms with Gasteiger partial charge in [0.2, 0.25) is 5.91 Å². The largest absolute Gasteiger partial charge is 0.519 e. The lowest BCUT2D eigenvalue weighted by molar-refractivity contribution is -0.142. The van der Waals surface area contributed by atoms with Crippen LogP contribution >= 0.6 is 11.8 Å². The minimum atomic E-state index is -1.67. The Hall–Kier alpha value is -4.62. The first kappa shape index (κ1) is 34.6. The quantitative estimate of drug-likeness (QED) is 0.132. The molecular formula is C28H33N3O11S. The maximum absolute atomic E-state index is 13.2.